The molecule has 0 saturated carbocycles. The van der Waals surface area contributed by atoms with Gasteiger partial charge < -0.3 is 4.74 Å². The van der Waals surface area contributed by atoms with Crippen molar-refractivity contribution in [2.45, 2.75) is 0 Å². The van der Waals surface area contributed by atoms with Gasteiger partial charge in [-0.25, -0.2) is 0 Å². The van der Waals surface area contributed by atoms with E-state index in [1.165, 1.54) is 5.01 Å². The third kappa shape index (κ3) is 2.55. The third-order valence-corrected chi connectivity index (χ3v) is 4.00. The zero-order chi connectivity index (χ0) is 17.2. The molecule has 0 aromatic heterocycles. The first kappa shape index (κ1) is 15.1. The first-order chi connectivity index (χ1) is 12.3. The summed E-state index contributed by atoms with van der Waals surface area (Å²) < 4.78 is 5.60. The zero-order valence-electron chi connectivity index (χ0n) is 13.4. The maximum Gasteiger partial charge on any atom is 0.283 e. The number of nitrogens with zero attached hydrogens (tertiary/aromatic N) is 3. The first-order valence-electron chi connectivity index (χ1n) is 7.90. The zero-order valence-corrected chi connectivity index (χ0v) is 13.4. The molecule has 3 aromatic rings. The predicted molar refractivity (Wildman–Crippen MR) is 97.4 cm³/mol. The summed E-state index contributed by atoms with van der Waals surface area (Å²) in [5.74, 6) is 0.207. The molecule has 1 aliphatic heterocycles. The Labute approximate surface area is 144 Å². The van der Waals surface area contributed by atoms with Gasteiger partial charge in [0.15, 0.2) is 0 Å². The van der Waals surface area contributed by atoms with Crippen LogP contribution in [0.25, 0.3) is 10.8 Å². The van der Waals surface area contributed by atoms with Gasteiger partial charge in [0.25, 0.3) is 5.91 Å². The van der Waals surface area contributed by atoms with Crippen LogP contribution in [0, 0.1) is 0 Å². The van der Waals surface area contributed by atoms with E-state index in [1.807, 2.05) is 42.5 Å². The molecule has 0 N–H and O–H groups in total. The molecular weight excluding hydrogens is 314 g/mol. The van der Waals surface area contributed by atoms with Gasteiger partial charge in [0.05, 0.1) is 16.9 Å². The molecule has 4 rings (SSSR count). The fourth-order valence-electron chi connectivity index (χ4n) is 2.88. The Morgan fingerprint density at radius 2 is 1.88 bits per heavy atom. The van der Waals surface area contributed by atoms with Gasteiger partial charge in [-0.2, -0.15) is 5.01 Å². The Morgan fingerprint density at radius 1 is 1.08 bits per heavy atom. The van der Waals surface area contributed by atoms with Crippen LogP contribution in [0.3, 0.4) is 0 Å². The molecule has 0 bridgehead atoms. The van der Waals surface area contributed by atoms with Gasteiger partial charge in [0, 0.05) is 5.39 Å². The number of ether oxygens (including phenoxy) is 1. The lowest BCUT2D eigenvalue weighted by Crippen LogP contribution is -2.26. The van der Waals surface area contributed by atoms with Gasteiger partial charge in [-0.1, -0.05) is 54.3 Å². The number of carbonyl (C=O) groups is 1. The molecule has 0 spiro atoms. The molecule has 1 amide bonds. The summed E-state index contributed by atoms with van der Waals surface area (Å²) in [6.45, 7) is 3.96. The van der Waals surface area contributed by atoms with E-state index in [1.54, 1.807) is 24.3 Å². The molecule has 0 unspecified atom stereocenters. The predicted octanol–water partition coefficient (Wildman–Crippen LogP) is 5.06. The van der Waals surface area contributed by atoms with E-state index in [0.717, 1.165) is 16.5 Å². The minimum absolute atomic E-state index is 0.287. The second-order valence-corrected chi connectivity index (χ2v) is 5.55. The minimum atomic E-state index is -0.287. The van der Waals surface area contributed by atoms with Crippen LogP contribution in [-0.2, 0) is 0 Å². The Balaban J connectivity index is 1.80. The van der Waals surface area contributed by atoms with E-state index in [2.05, 4.69) is 16.9 Å². The summed E-state index contributed by atoms with van der Waals surface area (Å²) in [6.07, 6.45) is 1.64. The third-order valence-electron chi connectivity index (χ3n) is 4.00. The fraction of sp³-hybridized carbons (Fsp3) is 0.0500. The highest BCUT2D eigenvalue weighted by Crippen LogP contribution is 2.39. The fourth-order valence-corrected chi connectivity index (χ4v) is 2.88. The van der Waals surface area contributed by atoms with Crippen molar-refractivity contribution in [2.75, 3.05) is 11.6 Å². The standard InChI is InChI=1S/C20H15N3O2/c1-2-13-25-18-12-4-3-9-15(18)20(24)23-17-11-6-8-14-7-5-10-16(19(14)17)21-22-23/h2-12H,1,13H2. The van der Waals surface area contributed by atoms with Gasteiger partial charge in [-0.3, -0.25) is 4.79 Å². The largest absolute Gasteiger partial charge is 0.489 e. The van der Waals surface area contributed by atoms with Crippen LogP contribution >= 0.6 is 0 Å². The molecule has 0 aliphatic carbocycles. The number of para-hydroxylation sites is 1. The average molecular weight is 329 g/mol. The van der Waals surface area contributed by atoms with Crippen LogP contribution in [0.4, 0.5) is 11.4 Å². The van der Waals surface area contributed by atoms with Crippen molar-refractivity contribution in [3.05, 3.63) is 78.9 Å². The number of carbonyl (C=O) groups excluding carboxylic acids is 1. The summed E-state index contributed by atoms with van der Waals surface area (Å²) in [5, 5.41) is 11.6. The number of amides is 1. The maximum atomic E-state index is 13.1. The maximum absolute atomic E-state index is 13.1. The molecule has 1 heterocycles. The number of hydrogen-bond donors (Lipinski definition) is 0. The number of benzene rings is 3. The van der Waals surface area contributed by atoms with Crippen LogP contribution in [-0.4, -0.2) is 12.5 Å². The van der Waals surface area contributed by atoms with Gasteiger partial charge in [0.1, 0.15) is 12.4 Å². The highest BCUT2D eigenvalue weighted by molar-refractivity contribution is 6.14. The molecule has 0 atom stereocenters. The second kappa shape index (κ2) is 6.20. The number of anilines is 1. The normalized spacial score (nSPS) is 12.2. The summed E-state index contributed by atoms with van der Waals surface area (Å²) >= 11 is 0. The summed E-state index contributed by atoms with van der Waals surface area (Å²) in [5.41, 5.74) is 1.90. The van der Waals surface area contributed by atoms with Gasteiger partial charge >= 0.3 is 0 Å². The topological polar surface area (TPSA) is 54.3 Å². The highest BCUT2D eigenvalue weighted by atomic mass is 16.5. The average Bonchev–Trinajstić information content (AvgIpc) is 2.67. The lowest BCUT2D eigenvalue weighted by atomic mass is 10.1. The number of rotatable bonds is 4. The lowest BCUT2D eigenvalue weighted by molar-refractivity contribution is 0.0982. The molecule has 5 nitrogen and oxygen atoms in total. The Bertz CT molecular complexity index is 1010. The summed E-state index contributed by atoms with van der Waals surface area (Å²) in [6, 6.07) is 18.7. The van der Waals surface area contributed by atoms with E-state index in [-0.39, 0.29) is 5.91 Å². The van der Waals surface area contributed by atoms with Crippen molar-refractivity contribution >= 4 is 28.1 Å². The molecular formula is C20H15N3O2. The van der Waals surface area contributed by atoms with Gasteiger partial charge in [-0.05, 0) is 29.7 Å². The second-order valence-electron chi connectivity index (χ2n) is 5.55. The van der Waals surface area contributed by atoms with E-state index in [0.29, 0.717) is 23.6 Å². The van der Waals surface area contributed by atoms with E-state index >= 15 is 0 Å². The molecule has 1 aliphatic rings. The van der Waals surface area contributed by atoms with Crippen LogP contribution in [0.2, 0.25) is 0 Å². The number of hydrogen-bond acceptors (Lipinski definition) is 4. The van der Waals surface area contributed by atoms with E-state index < -0.39 is 0 Å². The molecule has 0 saturated heterocycles. The van der Waals surface area contributed by atoms with Crippen LogP contribution in [0.5, 0.6) is 5.75 Å². The van der Waals surface area contributed by atoms with Crippen molar-refractivity contribution < 1.29 is 9.53 Å². The molecule has 122 valence electrons. The lowest BCUT2D eigenvalue weighted by Gasteiger charge is -2.22. The quantitative estimate of drug-likeness (QED) is 0.628. The van der Waals surface area contributed by atoms with Crippen molar-refractivity contribution in [3.63, 3.8) is 0 Å². The Hall–Kier alpha value is -3.47. The van der Waals surface area contributed by atoms with E-state index in [4.69, 9.17) is 4.74 Å². The van der Waals surface area contributed by atoms with Crippen molar-refractivity contribution in [1.29, 1.82) is 0 Å². The summed E-state index contributed by atoms with van der Waals surface area (Å²) in [4.78, 5) is 13.1. The molecule has 25 heavy (non-hydrogen) atoms. The molecule has 5 heteroatoms. The Morgan fingerprint density at radius 3 is 2.72 bits per heavy atom. The molecule has 0 radical (unpaired) electrons. The van der Waals surface area contributed by atoms with E-state index in [9.17, 15) is 4.79 Å². The SMILES string of the molecule is C=CCOc1ccccc1C(=O)N1N=Nc2cccc3cccc1c23. The monoisotopic (exact) mass is 329 g/mol. The highest BCUT2D eigenvalue weighted by Gasteiger charge is 2.26. The van der Waals surface area contributed by atoms with Gasteiger partial charge in [0.2, 0.25) is 0 Å². The van der Waals surface area contributed by atoms with Crippen LogP contribution in [0.15, 0.2) is 83.7 Å². The van der Waals surface area contributed by atoms with Crippen molar-refractivity contribution in [2.24, 2.45) is 10.3 Å². The Kier molecular flexibility index (Phi) is 3.74. The summed E-state index contributed by atoms with van der Waals surface area (Å²) in [7, 11) is 0. The molecule has 0 fully saturated rings. The van der Waals surface area contributed by atoms with Crippen LogP contribution < -0.4 is 9.75 Å². The van der Waals surface area contributed by atoms with Crippen molar-refractivity contribution in [3.8, 4) is 5.75 Å². The smallest absolute Gasteiger partial charge is 0.283 e. The minimum Gasteiger partial charge on any atom is -0.489 e. The van der Waals surface area contributed by atoms with Gasteiger partial charge in [-0.15, -0.1) is 5.11 Å². The first-order valence-corrected chi connectivity index (χ1v) is 7.90. The molecule has 3 aromatic carbocycles. The van der Waals surface area contributed by atoms with Crippen molar-refractivity contribution in [1.82, 2.24) is 0 Å². The van der Waals surface area contributed by atoms with Crippen LogP contribution in [0.1, 0.15) is 10.4 Å².